The van der Waals surface area contributed by atoms with Crippen molar-refractivity contribution in [1.29, 1.82) is 0 Å². The van der Waals surface area contributed by atoms with Gasteiger partial charge >= 0.3 is 0 Å². The van der Waals surface area contributed by atoms with Crippen LogP contribution in [-0.4, -0.2) is 58.8 Å². The van der Waals surface area contributed by atoms with Crippen LogP contribution in [0.3, 0.4) is 0 Å². The van der Waals surface area contributed by atoms with E-state index in [2.05, 4.69) is 18.5 Å². The standard InChI is InChI=1S/C19H24N2O4S.C2H6/c1-3-5-14-8-10-21(12-13(14)2)19(25)17(23)16(22)18(24)20-9-7-15-6-4-11-26-15;1-2/h3-6,11,16-17,22-23H,1-2,7-10,12H2,(H,20,24);1-2H3/b14-5-;. The molecule has 2 heterocycles. The average Bonchev–Trinajstić information content (AvgIpc) is 3.23. The second kappa shape index (κ2) is 12.3. The Morgan fingerprint density at radius 1 is 1.36 bits per heavy atom. The lowest BCUT2D eigenvalue weighted by Crippen LogP contribution is -2.52. The SMILES string of the molecule is C=C/C=C1/CCN(C(=O)C(O)C(O)C(=O)NCCc2cccs2)CC1=C.CC. The van der Waals surface area contributed by atoms with Gasteiger partial charge in [0.2, 0.25) is 0 Å². The summed E-state index contributed by atoms with van der Waals surface area (Å²) in [7, 11) is 0. The number of aliphatic hydroxyl groups excluding tert-OH is 2. The second-order valence-corrected chi connectivity index (χ2v) is 7.08. The number of nitrogens with one attached hydrogen (secondary N) is 1. The van der Waals surface area contributed by atoms with Gasteiger partial charge in [0.05, 0.1) is 0 Å². The van der Waals surface area contributed by atoms with Crippen LogP contribution < -0.4 is 5.32 Å². The van der Waals surface area contributed by atoms with Crippen molar-refractivity contribution in [2.24, 2.45) is 0 Å². The minimum absolute atomic E-state index is 0.252. The Hall–Kier alpha value is -2.22. The Labute approximate surface area is 170 Å². The molecule has 0 spiro atoms. The number of rotatable bonds is 7. The molecule has 0 aromatic carbocycles. The van der Waals surface area contributed by atoms with Gasteiger partial charge in [-0.2, -0.15) is 0 Å². The van der Waals surface area contributed by atoms with Crippen molar-refractivity contribution in [2.45, 2.75) is 38.9 Å². The van der Waals surface area contributed by atoms with Crippen molar-refractivity contribution < 1.29 is 19.8 Å². The Kier molecular flexibility index (Phi) is 10.4. The molecule has 6 nitrogen and oxygen atoms in total. The molecule has 154 valence electrons. The zero-order valence-electron chi connectivity index (χ0n) is 16.6. The summed E-state index contributed by atoms with van der Waals surface area (Å²) in [6, 6.07) is 3.87. The summed E-state index contributed by atoms with van der Waals surface area (Å²) in [5, 5.41) is 24.6. The van der Waals surface area contributed by atoms with Crippen LogP contribution in [0.4, 0.5) is 0 Å². The third kappa shape index (κ3) is 6.74. The molecule has 1 saturated heterocycles. The topological polar surface area (TPSA) is 89.9 Å². The number of carbonyl (C=O) groups excluding carboxylic acids is 2. The smallest absolute Gasteiger partial charge is 0.255 e. The van der Waals surface area contributed by atoms with Crippen LogP contribution in [0.2, 0.25) is 0 Å². The maximum Gasteiger partial charge on any atom is 0.255 e. The predicted molar refractivity (Wildman–Crippen MR) is 113 cm³/mol. The molecule has 2 rings (SSSR count). The van der Waals surface area contributed by atoms with Crippen LogP contribution in [0.15, 0.2) is 54.0 Å². The summed E-state index contributed by atoms with van der Waals surface area (Å²) in [6.45, 7) is 12.5. The van der Waals surface area contributed by atoms with Gasteiger partial charge in [0.1, 0.15) is 0 Å². The van der Waals surface area contributed by atoms with Crippen LogP contribution in [-0.2, 0) is 16.0 Å². The number of hydrogen-bond acceptors (Lipinski definition) is 5. The summed E-state index contributed by atoms with van der Waals surface area (Å²) in [5.41, 5.74) is 1.76. The molecule has 0 bridgehead atoms. The lowest BCUT2D eigenvalue weighted by molar-refractivity contribution is -0.153. The van der Waals surface area contributed by atoms with Gasteiger partial charge in [0, 0.05) is 24.5 Å². The fourth-order valence-electron chi connectivity index (χ4n) is 2.71. The van der Waals surface area contributed by atoms with E-state index in [1.807, 2.05) is 37.4 Å². The van der Waals surface area contributed by atoms with Crippen LogP contribution in [0.5, 0.6) is 0 Å². The molecule has 0 saturated carbocycles. The zero-order valence-corrected chi connectivity index (χ0v) is 17.4. The second-order valence-electron chi connectivity index (χ2n) is 6.05. The van der Waals surface area contributed by atoms with Gasteiger partial charge < -0.3 is 20.4 Å². The zero-order chi connectivity index (χ0) is 21.1. The van der Waals surface area contributed by atoms with Crippen LogP contribution >= 0.6 is 11.3 Å². The van der Waals surface area contributed by atoms with Crippen molar-refractivity contribution in [2.75, 3.05) is 19.6 Å². The van der Waals surface area contributed by atoms with E-state index in [1.165, 1.54) is 4.90 Å². The van der Waals surface area contributed by atoms with E-state index in [0.29, 0.717) is 25.9 Å². The number of piperidine rings is 1. The number of nitrogens with zero attached hydrogens (tertiary/aromatic N) is 1. The van der Waals surface area contributed by atoms with Crippen molar-refractivity contribution in [1.82, 2.24) is 10.2 Å². The van der Waals surface area contributed by atoms with Crippen molar-refractivity contribution in [3.05, 3.63) is 58.8 Å². The monoisotopic (exact) mass is 406 g/mol. The Morgan fingerprint density at radius 2 is 2.07 bits per heavy atom. The highest BCUT2D eigenvalue weighted by Crippen LogP contribution is 2.21. The van der Waals surface area contributed by atoms with Gasteiger partial charge in [-0.15, -0.1) is 11.3 Å². The number of thiophene rings is 1. The van der Waals surface area contributed by atoms with E-state index in [-0.39, 0.29) is 6.54 Å². The van der Waals surface area contributed by atoms with Crippen LogP contribution in [0.25, 0.3) is 0 Å². The van der Waals surface area contributed by atoms with E-state index in [1.54, 1.807) is 17.4 Å². The minimum Gasteiger partial charge on any atom is -0.380 e. The maximum atomic E-state index is 12.4. The molecule has 7 heteroatoms. The Balaban J connectivity index is 0.00000190. The first-order valence-electron chi connectivity index (χ1n) is 9.38. The molecule has 1 aliphatic rings. The third-order valence-electron chi connectivity index (χ3n) is 4.19. The van der Waals surface area contributed by atoms with Gasteiger partial charge in [0.15, 0.2) is 12.2 Å². The van der Waals surface area contributed by atoms with E-state index in [0.717, 1.165) is 16.0 Å². The van der Waals surface area contributed by atoms with Crippen LogP contribution in [0, 0.1) is 0 Å². The van der Waals surface area contributed by atoms with Crippen molar-refractivity contribution in [3.63, 3.8) is 0 Å². The number of allylic oxidation sites excluding steroid dienone is 2. The highest BCUT2D eigenvalue weighted by Gasteiger charge is 2.34. The first kappa shape index (κ1) is 23.8. The lowest BCUT2D eigenvalue weighted by Gasteiger charge is -2.32. The molecule has 1 aromatic rings. The number of hydrogen-bond donors (Lipinski definition) is 3. The highest BCUT2D eigenvalue weighted by atomic mass is 32.1. The van der Waals surface area contributed by atoms with E-state index in [9.17, 15) is 19.8 Å². The first-order valence-corrected chi connectivity index (χ1v) is 10.3. The van der Waals surface area contributed by atoms with Crippen LogP contribution in [0.1, 0.15) is 25.1 Å². The molecular formula is C21H30N2O4S. The van der Waals surface area contributed by atoms with Gasteiger partial charge in [-0.05, 0) is 35.4 Å². The summed E-state index contributed by atoms with van der Waals surface area (Å²) in [6.07, 6.45) is 1.13. The van der Waals surface area contributed by atoms with Gasteiger partial charge in [0.25, 0.3) is 11.8 Å². The molecule has 1 aromatic heterocycles. The van der Waals surface area contributed by atoms with Gasteiger partial charge in [-0.3, -0.25) is 9.59 Å². The number of aliphatic hydroxyl groups is 2. The largest absolute Gasteiger partial charge is 0.380 e. The molecule has 1 aliphatic heterocycles. The fourth-order valence-corrected chi connectivity index (χ4v) is 3.42. The van der Waals surface area contributed by atoms with Gasteiger partial charge in [-0.1, -0.05) is 45.2 Å². The first-order chi connectivity index (χ1) is 13.4. The Morgan fingerprint density at radius 3 is 2.64 bits per heavy atom. The molecule has 3 N–H and O–H groups in total. The fraction of sp³-hybridized carbons (Fsp3) is 0.429. The average molecular weight is 407 g/mol. The van der Waals surface area contributed by atoms with Crippen molar-refractivity contribution in [3.8, 4) is 0 Å². The highest BCUT2D eigenvalue weighted by molar-refractivity contribution is 7.09. The number of amides is 2. The molecule has 0 radical (unpaired) electrons. The molecule has 2 amide bonds. The molecule has 0 aliphatic carbocycles. The molecule has 1 fully saturated rings. The third-order valence-corrected chi connectivity index (χ3v) is 5.13. The minimum atomic E-state index is -1.80. The maximum absolute atomic E-state index is 12.4. The predicted octanol–water partition coefficient (Wildman–Crippen LogP) is 2.06. The number of likely N-dealkylation sites (tertiary alicyclic amines) is 1. The summed E-state index contributed by atoms with van der Waals surface area (Å²) >= 11 is 1.57. The number of carbonyl (C=O) groups is 2. The lowest BCUT2D eigenvalue weighted by atomic mass is 9.98. The van der Waals surface area contributed by atoms with E-state index >= 15 is 0 Å². The summed E-state index contributed by atoms with van der Waals surface area (Å²) in [4.78, 5) is 26.8. The molecule has 28 heavy (non-hydrogen) atoms. The van der Waals surface area contributed by atoms with Gasteiger partial charge in [-0.25, -0.2) is 0 Å². The quantitative estimate of drug-likeness (QED) is 0.647. The summed E-state index contributed by atoms with van der Waals surface area (Å²) in [5.74, 6) is -1.44. The summed E-state index contributed by atoms with van der Waals surface area (Å²) < 4.78 is 0. The normalized spacial score (nSPS) is 17.4. The molecule has 2 atom stereocenters. The Bertz CT molecular complexity index is 697. The van der Waals surface area contributed by atoms with E-state index in [4.69, 9.17) is 0 Å². The molecular weight excluding hydrogens is 376 g/mol. The van der Waals surface area contributed by atoms with E-state index < -0.39 is 24.0 Å². The van der Waals surface area contributed by atoms with Crippen molar-refractivity contribution >= 4 is 23.2 Å². The molecule has 2 unspecified atom stereocenters.